The second-order valence-corrected chi connectivity index (χ2v) is 3.99. The van der Waals surface area contributed by atoms with E-state index in [1.165, 1.54) is 6.42 Å². The molecule has 0 heterocycles. The van der Waals surface area contributed by atoms with Crippen LogP contribution in [0.3, 0.4) is 0 Å². The van der Waals surface area contributed by atoms with Gasteiger partial charge >= 0.3 is 0 Å². The van der Waals surface area contributed by atoms with Gasteiger partial charge < -0.3 is 0 Å². The molecule has 0 aliphatic heterocycles. The highest BCUT2D eigenvalue weighted by Crippen LogP contribution is 2.26. The first-order valence-electron chi connectivity index (χ1n) is 3.95. The van der Waals surface area contributed by atoms with Crippen LogP contribution >= 0.6 is 0 Å². The van der Waals surface area contributed by atoms with Gasteiger partial charge in [0.25, 0.3) is 0 Å². The third-order valence-corrected chi connectivity index (χ3v) is 1.50. The topological polar surface area (TPSA) is 0 Å². The van der Waals surface area contributed by atoms with Crippen LogP contribution in [-0.4, -0.2) is 0 Å². The lowest BCUT2D eigenvalue weighted by molar-refractivity contribution is 0.366. The maximum atomic E-state index is 3.70. The van der Waals surface area contributed by atoms with Crippen molar-refractivity contribution in [3.05, 3.63) is 19.1 Å². The first kappa shape index (κ1) is 9.74. The first-order chi connectivity index (χ1) is 4.48. The molecule has 1 radical (unpaired) electrons. The highest BCUT2D eigenvalue weighted by atomic mass is 14.2. The number of hydrogen-bond donors (Lipinski definition) is 0. The van der Waals surface area contributed by atoms with Crippen molar-refractivity contribution in [2.75, 3.05) is 0 Å². The highest BCUT2D eigenvalue weighted by molar-refractivity contribution is 4.96. The molecule has 0 saturated carbocycles. The predicted octanol–water partition coefficient (Wildman–Crippen LogP) is 3.45. The fourth-order valence-electron chi connectivity index (χ4n) is 1.44. The smallest absolute Gasteiger partial charge is 0.0172 e. The molecular formula is C10H19. The highest BCUT2D eigenvalue weighted by Gasteiger charge is 2.14. The Balaban J connectivity index is 3.86. The van der Waals surface area contributed by atoms with E-state index >= 15 is 0 Å². The lowest BCUT2D eigenvalue weighted by Gasteiger charge is -2.22. The van der Waals surface area contributed by atoms with E-state index in [0.717, 1.165) is 5.92 Å². The summed E-state index contributed by atoms with van der Waals surface area (Å²) in [6.45, 7) is 12.7. The van der Waals surface area contributed by atoms with Gasteiger partial charge in [0.15, 0.2) is 0 Å². The Morgan fingerprint density at radius 3 is 2.20 bits per heavy atom. The molecule has 0 heteroatoms. The van der Waals surface area contributed by atoms with Crippen LogP contribution in [0.1, 0.15) is 34.1 Å². The van der Waals surface area contributed by atoms with Crippen molar-refractivity contribution >= 4 is 0 Å². The molecule has 0 aromatic rings. The average molecular weight is 139 g/mol. The summed E-state index contributed by atoms with van der Waals surface area (Å²) in [5.41, 5.74) is 0.329. The van der Waals surface area contributed by atoms with Gasteiger partial charge in [-0.25, -0.2) is 0 Å². The summed E-state index contributed by atoms with van der Waals surface area (Å²) in [6, 6.07) is 0. The molecule has 0 bridgehead atoms. The summed E-state index contributed by atoms with van der Waals surface area (Å²) < 4.78 is 0. The van der Waals surface area contributed by atoms with Gasteiger partial charge in [0.2, 0.25) is 0 Å². The monoisotopic (exact) mass is 139 g/mol. The lowest BCUT2D eigenvalue weighted by atomic mass is 9.84. The predicted molar refractivity (Wildman–Crippen MR) is 47.7 cm³/mol. The summed E-state index contributed by atoms with van der Waals surface area (Å²) in [5.74, 6) is 0.770. The van der Waals surface area contributed by atoms with Crippen molar-refractivity contribution in [2.24, 2.45) is 11.3 Å². The van der Waals surface area contributed by atoms with E-state index in [4.69, 9.17) is 0 Å². The van der Waals surface area contributed by atoms with Crippen molar-refractivity contribution < 1.29 is 0 Å². The van der Waals surface area contributed by atoms with Gasteiger partial charge in [-0.15, -0.1) is 0 Å². The minimum Gasteiger partial charge on any atom is -0.0877 e. The van der Waals surface area contributed by atoms with Crippen LogP contribution < -0.4 is 0 Å². The molecule has 0 aliphatic carbocycles. The van der Waals surface area contributed by atoms with Crippen molar-refractivity contribution in [1.29, 1.82) is 0 Å². The normalized spacial score (nSPS) is 13.4. The largest absolute Gasteiger partial charge is 0.0877 e. The van der Waals surface area contributed by atoms with Crippen molar-refractivity contribution in [3.63, 3.8) is 0 Å². The molecular weight excluding hydrogens is 120 g/mol. The molecule has 0 unspecified atom stereocenters. The minimum atomic E-state index is 0.329. The van der Waals surface area contributed by atoms with Gasteiger partial charge in [-0.2, -0.15) is 0 Å². The Morgan fingerprint density at radius 2 is 1.90 bits per heavy atom. The van der Waals surface area contributed by atoms with Crippen molar-refractivity contribution in [2.45, 2.75) is 34.1 Å². The van der Waals surface area contributed by atoms with Crippen LogP contribution in [0.4, 0.5) is 0 Å². The molecule has 0 spiro atoms. The zero-order valence-electron chi connectivity index (χ0n) is 7.65. The molecule has 0 nitrogen and oxygen atoms in total. The molecule has 0 atom stereocenters. The molecule has 0 aliphatic rings. The second kappa shape index (κ2) is 3.80. The summed E-state index contributed by atoms with van der Waals surface area (Å²) in [5, 5.41) is 0. The molecule has 0 aromatic heterocycles. The fraction of sp³-hybridized carbons (Fsp3) is 0.700. The quantitative estimate of drug-likeness (QED) is 0.562. The van der Waals surface area contributed by atoms with E-state index in [1.807, 2.05) is 6.08 Å². The zero-order chi connectivity index (χ0) is 8.20. The van der Waals surface area contributed by atoms with E-state index in [9.17, 15) is 0 Å². The lowest BCUT2D eigenvalue weighted by Crippen LogP contribution is -2.10. The van der Waals surface area contributed by atoms with Crippen LogP contribution in [0.15, 0.2) is 12.2 Å². The second-order valence-electron chi connectivity index (χ2n) is 3.99. The van der Waals surface area contributed by atoms with Crippen LogP contribution in [0, 0.1) is 18.3 Å². The van der Waals surface area contributed by atoms with E-state index in [-0.39, 0.29) is 0 Å². The molecule has 0 amide bonds. The summed E-state index contributed by atoms with van der Waals surface area (Å²) in [6.07, 6.45) is 5.30. The maximum Gasteiger partial charge on any atom is -0.0172 e. The molecule has 10 heavy (non-hydrogen) atoms. The van der Waals surface area contributed by atoms with E-state index < -0.39 is 0 Å². The molecule has 0 fully saturated rings. The number of allylic oxidation sites excluding steroid dienone is 2. The van der Waals surface area contributed by atoms with Crippen LogP contribution in [0.5, 0.6) is 0 Å². The molecule has 0 rings (SSSR count). The third-order valence-electron chi connectivity index (χ3n) is 1.50. The standard InChI is InChI=1S/C10H19/c1-6-7-10(4,5)8-9(2)3/h6-7,9H,1,8H2,2-5H3. The SMILES string of the molecule is [CH2]C=CC(C)(C)CC(C)C. The van der Waals surface area contributed by atoms with Gasteiger partial charge in [-0.3, -0.25) is 0 Å². The minimum absolute atomic E-state index is 0.329. The summed E-state index contributed by atoms with van der Waals surface area (Å²) in [4.78, 5) is 0. The Bertz CT molecular complexity index is 107. The van der Waals surface area contributed by atoms with Gasteiger partial charge in [0, 0.05) is 0 Å². The van der Waals surface area contributed by atoms with Crippen molar-refractivity contribution in [1.82, 2.24) is 0 Å². The Labute approximate surface area is 65.3 Å². The van der Waals surface area contributed by atoms with Crippen LogP contribution in [0.25, 0.3) is 0 Å². The first-order valence-corrected chi connectivity index (χ1v) is 3.95. The third kappa shape index (κ3) is 4.60. The average Bonchev–Trinajstić information content (AvgIpc) is 1.59. The summed E-state index contributed by atoms with van der Waals surface area (Å²) in [7, 11) is 0. The van der Waals surface area contributed by atoms with E-state index in [1.54, 1.807) is 0 Å². The van der Waals surface area contributed by atoms with Crippen molar-refractivity contribution in [3.8, 4) is 0 Å². The van der Waals surface area contributed by atoms with Gasteiger partial charge in [0.05, 0.1) is 0 Å². The summed E-state index contributed by atoms with van der Waals surface area (Å²) >= 11 is 0. The molecule has 0 aromatic carbocycles. The number of hydrogen-bond acceptors (Lipinski definition) is 0. The Kier molecular flexibility index (Phi) is 3.70. The van der Waals surface area contributed by atoms with Gasteiger partial charge in [-0.1, -0.05) is 39.8 Å². The Hall–Kier alpha value is -0.260. The van der Waals surface area contributed by atoms with Crippen LogP contribution in [0.2, 0.25) is 0 Å². The zero-order valence-corrected chi connectivity index (χ0v) is 7.65. The molecule has 59 valence electrons. The molecule has 0 saturated heterocycles. The fourth-order valence-corrected chi connectivity index (χ4v) is 1.44. The number of rotatable bonds is 3. The molecule has 0 N–H and O–H groups in total. The Morgan fingerprint density at radius 1 is 1.40 bits per heavy atom. The van der Waals surface area contributed by atoms with Gasteiger partial charge in [0.1, 0.15) is 0 Å². The van der Waals surface area contributed by atoms with Crippen LogP contribution in [-0.2, 0) is 0 Å². The van der Waals surface area contributed by atoms with E-state index in [0.29, 0.717) is 5.41 Å². The maximum absolute atomic E-state index is 3.70. The van der Waals surface area contributed by atoms with Gasteiger partial charge in [-0.05, 0) is 24.7 Å². The van der Waals surface area contributed by atoms with E-state index in [2.05, 4.69) is 40.7 Å².